The molecule has 7 nitrogen and oxygen atoms in total. The molecule has 0 fully saturated rings. The van der Waals surface area contributed by atoms with Gasteiger partial charge >= 0.3 is 0 Å². The van der Waals surface area contributed by atoms with Crippen molar-refractivity contribution in [3.05, 3.63) is 89.1 Å². The van der Waals surface area contributed by atoms with Crippen molar-refractivity contribution < 1.29 is 9.47 Å². The molecule has 0 amide bonds. The molecule has 0 N–H and O–H groups in total. The van der Waals surface area contributed by atoms with Gasteiger partial charge in [0.25, 0.3) is 0 Å². The van der Waals surface area contributed by atoms with Gasteiger partial charge in [-0.15, -0.1) is 0 Å². The molecule has 1 aromatic carbocycles. The van der Waals surface area contributed by atoms with E-state index in [4.69, 9.17) is 14.5 Å². The second kappa shape index (κ2) is 8.82. The molecule has 0 aliphatic rings. The fourth-order valence-electron chi connectivity index (χ4n) is 4.24. The van der Waals surface area contributed by atoms with Crippen molar-refractivity contribution in [2.24, 2.45) is 0 Å². The van der Waals surface area contributed by atoms with Crippen molar-refractivity contribution in [2.75, 3.05) is 0 Å². The summed E-state index contributed by atoms with van der Waals surface area (Å²) >= 11 is 0. The molecule has 0 unspecified atom stereocenters. The van der Waals surface area contributed by atoms with Crippen LogP contribution in [0.25, 0.3) is 11.3 Å². The average molecular weight is 482 g/mol. The summed E-state index contributed by atoms with van der Waals surface area (Å²) in [5.41, 5.74) is 6.79. The first-order valence-corrected chi connectivity index (χ1v) is 12.0. The van der Waals surface area contributed by atoms with Gasteiger partial charge in [-0.1, -0.05) is 26.8 Å². The van der Waals surface area contributed by atoms with Gasteiger partial charge in [0.1, 0.15) is 17.1 Å². The third kappa shape index (κ3) is 4.56. The summed E-state index contributed by atoms with van der Waals surface area (Å²) in [6.45, 7) is 14.5. The lowest BCUT2D eigenvalue weighted by Crippen LogP contribution is -2.11. The Kier molecular flexibility index (Phi) is 5.79. The summed E-state index contributed by atoms with van der Waals surface area (Å²) in [6.07, 6.45) is 1.78. The zero-order chi connectivity index (χ0) is 25.6. The fourth-order valence-corrected chi connectivity index (χ4v) is 4.24. The topological polar surface area (TPSA) is 66.5 Å². The Morgan fingerprint density at radius 3 is 2.36 bits per heavy atom. The first-order chi connectivity index (χ1) is 17.1. The number of rotatable bonds is 5. The summed E-state index contributed by atoms with van der Waals surface area (Å²) in [5.74, 6) is 2.44. The molecule has 5 rings (SSSR count). The van der Waals surface area contributed by atoms with E-state index in [0.717, 1.165) is 39.7 Å². The molecular weight excluding hydrogens is 450 g/mol. The number of hydrogen-bond donors (Lipinski definition) is 0. The Morgan fingerprint density at radius 1 is 0.833 bits per heavy atom. The van der Waals surface area contributed by atoms with Crippen LogP contribution in [0.3, 0.4) is 0 Å². The van der Waals surface area contributed by atoms with Gasteiger partial charge in [-0.3, -0.25) is 4.40 Å². The summed E-state index contributed by atoms with van der Waals surface area (Å²) in [6, 6.07) is 17.7. The summed E-state index contributed by atoms with van der Waals surface area (Å²) in [4.78, 5) is 9.18. The number of pyridine rings is 2. The first-order valence-electron chi connectivity index (χ1n) is 12.0. The van der Waals surface area contributed by atoms with Crippen molar-refractivity contribution in [2.45, 2.75) is 53.9 Å². The highest BCUT2D eigenvalue weighted by molar-refractivity contribution is 5.54. The van der Waals surface area contributed by atoms with E-state index in [0.29, 0.717) is 23.3 Å². The lowest BCUT2D eigenvalue weighted by Gasteiger charge is -2.19. The maximum Gasteiger partial charge on any atom is 0.221 e. The molecule has 0 aliphatic heterocycles. The van der Waals surface area contributed by atoms with Gasteiger partial charge < -0.3 is 9.47 Å². The number of fused-ring (bicyclic) bond motifs is 1. The molecule has 4 aromatic heterocycles. The normalized spacial score (nSPS) is 11.8. The Balaban J connectivity index is 1.53. The van der Waals surface area contributed by atoms with Crippen molar-refractivity contribution in [1.82, 2.24) is 24.1 Å². The minimum atomic E-state index is -0.0146. The average Bonchev–Trinajstić information content (AvgIpc) is 3.30. The molecule has 0 bridgehead atoms. The van der Waals surface area contributed by atoms with Gasteiger partial charge in [0.2, 0.25) is 11.8 Å². The Hall–Kier alpha value is -4.13. The van der Waals surface area contributed by atoms with Crippen LogP contribution < -0.4 is 9.47 Å². The molecule has 184 valence electrons. The van der Waals surface area contributed by atoms with Crippen molar-refractivity contribution in [3.63, 3.8) is 0 Å². The highest BCUT2D eigenvalue weighted by Crippen LogP contribution is 2.33. The van der Waals surface area contributed by atoms with Gasteiger partial charge in [-0.25, -0.2) is 14.6 Å². The summed E-state index contributed by atoms with van der Waals surface area (Å²) in [5, 5.41) is 4.59. The van der Waals surface area contributed by atoms with E-state index in [1.807, 2.05) is 85.3 Å². The molecule has 0 saturated heterocycles. The zero-order valence-corrected chi connectivity index (χ0v) is 21.8. The number of aryl methyl sites for hydroxylation is 4. The summed E-state index contributed by atoms with van der Waals surface area (Å²) < 4.78 is 16.5. The maximum absolute atomic E-state index is 6.33. The van der Waals surface area contributed by atoms with Crippen LogP contribution in [0.2, 0.25) is 0 Å². The molecule has 0 spiro atoms. The molecule has 5 aromatic rings. The van der Waals surface area contributed by atoms with Gasteiger partial charge in [-0.2, -0.15) is 5.10 Å². The van der Waals surface area contributed by atoms with Crippen molar-refractivity contribution in [1.29, 1.82) is 0 Å². The van der Waals surface area contributed by atoms with Crippen molar-refractivity contribution >= 4 is 5.65 Å². The van der Waals surface area contributed by atoms with E-state index >= 15 is 0 Å². The Morgan fingerprint density at radius 2 is 1.64 bits per heavy atom. The second-order valence-corrected chi connectivity index (χ2v) is 10.2. The number of hydrogen-bond acceptors (Lipinski definition) is 5. The lowest BCUT2D eigenvalue weighted by molar-refractivity contribution is 0.425. The molecule has 0 aliphatic carbocycles. The molecule has 7 heteroatoms. The molecule has 0 radical (unpaired) electrons. The molecule has 4 heterocycles. The number of ether oxygens (including phenoxy) is 2. The highest BCUT2D eigenvalue weighted by atomic mass is 16.5. The van der Waals surface area contributed by atoms with E-state index < -0.39 is 0 Å². The predicted octanol–water partition coefficient (Wildman–Crippen LogP) is 7.03. The Labute approximate surface area is 211 Å². The summed E-state index contributed by atoms with van der Waals surface area (Å²) in [7, 11) is 0. The quantitative estimate of drug-likeness (QED) is 0.270. The molecule has 0 saturated carbocycles. The third-order valence-corrected chi connectivity index (χ3v) is 6.25. The van der Waals surface area contributed by atoms with Crippen LogP contribution in [-0.2, 0) is 5.41 Å². The van der Waals surface area contributed by atoms with Crippen molar-refractivity contribution in [3.8, 4) is 28.9 Å². The van der Waals surface area contributed by atoms with Crippen LogP contribution in [0.5, 0.6) is 23.3 Å². The van der Waals surface area contributed by atoms with Gasteiger partial charge in [0.05, 0.1) is 17.1 Å². The SMILES string of the molecule is Cc1cc(C)n(-c2cccc(Oc3cc(Oc4cc(C(C)(C)C)ccn4)n4c(C)c(C)nc4c3)c2)n1. The largest absolute Gasteiger partial charge is 0.457 e. The monoisotopic (exact) mass is 481 g/mol. The number of benzene rings is 1. The smallest absolute Gasteiger partial charge is 0.221 e. The zero-order valence-electron chi connectivity index (χ0n) is 21.8. The second-order valence-electron chi connectivity index (χ2n) is 10.2. The van der Waals surface area contributed by atoms with E-state index in [1.54, 1.807) is 6.20 Å². The predicted molar refractivity (Wildman–Crippen MR) is 141 cm³/mol. The van der Waals surface area contributed by atoms with E-state index in [2.05, 4.69) is 36.9 Å². The van der Waals surface area contributed by atoms with Crippen LogP contribution in [0.15, 0.2) is 60.8 Å². The first kappa shape index (κ1) is 23.6. The van der Waals surface area contributed by atoms with Crippen LogP contribution in [-0.4, -0.2) is 24.1 Å². The van der Waals surface area contributed by atoms with Crippen LogP contribution in [0, 0.1) is 27.7 Å². The van der Waals surface area contributed by atoms with Gasteiger partial charge in [0.15, 0.2) is 0 Å². The van der Waals surface area contributed by atoms with Crippen LogP contribution >= 0.6 is 0 Å². The van der Waals surface area contributed by atoms with E-state index in [1.165, 1.54) is 0 Å². The lowest BCUT2D eigenvalue weighted by atomic mass is 9.88. The number of nitrogens with zero attached hydrogens (tertiary/aromatic N) is 5. The number of imidazole rings is 1. The Bertz CT molecular complexity index is 1570. The van der Waals surface area contributed by atoms with Gasteiger partial charge in [-0.05, 0) is 62.9 Å². The van der Waals surface area contributed by atoms with Crippen LogP contribution in [0.4, 0.5) is 0 Å². The molecular formula is C29H31N5O2. The third-order valence-electron chi connectivity index (χ3n) is 6.25. The molecule has 36 heavy (non-hydrogen) atoms. The fraction of sp³-hybridized carbons (Fsp3) is 0.276. The standard InChI is InChI=1S/C29H31N5O2/c1-18-13-19(2)34(32-18)23-9-8-10-24(15-23)35-25-16-26-31-20(3)21(4)33(26)28(17-25)36-27-14-22(11-12-30-27)29(5,6)7/h8-17H,1-7H3. The number of aromatic nitrogens is 5. The highest BCUT2D eigenvalue weighted by Gasteiger charge is 2.17. The minimum Gasteiger partial charge on any atom is -0.457 e. The van der Waals surface area contributed by atoms with Gasteiger partial charge in [0, 0.05) is 41.9 Å². The molecule has 0 atom stereocenters. The van der Waals surface area contributed by atoms with E-state index in [9.17, 15) is 0 Å². The maximum atomic E-state index is 6.33. The van der Waals surface area contributed by atoms with Crippen LogP contribution in [0.1, 0.15) is 49.1 Å². The minimum absolute atomic E-state index is 0.0146. The van der Waals surface area contributed by atoms with E-state index in [-0.39, 0.29) is 5.41 Å².